The Balaban J connectivity index is 1.80. The van der Waals surface area contributed by atoms with Crippen molar-refractivity contribution < 1.29 is 4.79 Å². The molecule has 3 atom stereocenters. The summed E-state index contributed by atoms with van der Waals surface area (Å²) < 4.78 is 0. The van der Waals surface area contributed by atoms with Crippen molar-refractivity contribution in [1.29, 1.82) is 0 Å². The molecule has 1 N–H and O–H groups in total. The van der Waals surface area contributed by atoms with Gasteiger partial charge in [-0.1, -0.05) is 42.7 Å². The van der Waals surface area contributed by atoms with E-state index in [4.69, 9.17) is 0 Å². The van der Waals surface area contributed by atoms with Gasteiger partial charge in [0, 0.05) is 11.3 Å². The molecule has 18 heavy (non-hydrogen) atoms. The highest BCUT2D eigenvalue weighted by Crippen LogP contribution is 2.42. The lowest BCUT2D eigenvalue weighted by molar-refractivity contribution is -0.122. The van der Waals surface area contributed by atoms with Crippen LogP contribution < -0.4 is 5.32 Å². The van der Waals surface area contributed by atoms with Gasteiger partial charge in [-0.3, -0.25) is 4.79 Å². The average Bonchev–Trinajstić information content (AvgIpc) is 2.39. The summed E-state index contributed by atoms with van der Waals surface area (Å²) in [4.78, 5) is 12.2. The van der Waals surface area contributed by atoms with Crippen LogP contribution in [0.4, 0.5) is 0 Å². The fraction of sp³-hybridized carbons (Fsp3) is 0.533. The maximum atomic E-state index is 12.2. The number of amides is 1. The summed E-state index contributed by atoms with van der Waals surface area (Å²) in [6, 6.07) is 8.79. The quantitative estimate of drug-likeness (QED) is 0.841. The second kappa shape index (κ2) is 4.96. The van der Waals surface area contributed by atoms with Crippen LogP contribution in [-0.4, -0.2) is 17.2 Å². The van der Waals surface area contributed by atoms with E-state index in [1.165, 1.54) is 24.8 Å². The zero-order valence-corrected chi connectivity index (χ0v) is 11.5. The maximum Gasteiger partial charge on any atom is 0.237 e. The third kappa shape index (κ3) is 2.28. The van der Waals surface area contributed by atoms with Gasteiger partial charge in [0.1, 0.15) is 5.25 Å². The lowest BCUT2D eigenvalue weighted by Crippen LogP contribution is -2.49. The summed E-state index contributed by atoms with van der Waals surface area (Å²) in [6.07, 6.45) is 4.98. The first-order chi connectivity index (χ1) is 8.74. The maximum absolute atomic E-state index is 12.2. The van der Waals surface area contributed by atoms with Crippen LogP contribution in [0.2, 0.25) is 0 Å². The number of benzene rings is 1. The molecule has 0 spiro atoms. The van der Waals surface area contributed by atoms with Gasteiger partial charge in [0.25, 0.3) is 0 Å². The summed E-state index contributed by atoms with van der Waals surface area (Å²) in [7, 11) is 0. The van der Waals surface area contributed by atoms with E-state index in [1.807, 2.05) is 11.8 Å². The molecule has 3 heteroatoms. The monoisotopic (exact) mass is 261 g/mol. The average molecular weight is 261 g/mol. The standard InChI is InChI=1S/C15H19NOS/c1-10-6-8-11(9-7-10)14-15(17)16-12-4-2-3-5-13(12)18-14/h6-9,12-14H,2-5H2,1H3,(H,16,17)/t12-,13+,14+/m0/s1. The lowest BCUT2D eigenvalue weighted by Gasteiger charge is -2.39. The van der Waals surface area contributed by atoms with Crippen LogP contribution in [0.1, 0.15) is 42.1 Å². The fourth-order valence-corrected chi connectivity index (χ4v) is 4.44. The number of rotatable bonds is 1. The second-order valence-corrected chi connectivity index (χ2v) is 6.71. The Kier molecular flexibility index (Phi) is 3.33. The summed E-state index contributed by atoms with van der Waals surface area (Å²) in [5.41, 5.74) is 2.39. The van der Waals surface area contributed by atoms with Crippen molar-refractivity contribution in [3.63, 3.8) is 0 Å². The molecule has 1 aromatic carbocycles. The first-order valence-corrected chi connectivity index (χ1v) is 7.71. The Labute approximate surface area is 113 Å². The number of aryl methyl sites for hydroxylation is 1. The Morgan fingerprint density at radius 1 is 1.17 bits per heavy atom. The molecule has 1 saturated heterocycles. The van der Waals surface area contributed by atoms with Crippen LogP contribution in [0, 0.1) is 6.92 Å². The molecule has 1 heterocycles. The van der Waals surface area contributed by atoms with Gasteiger partial charge in [0.2, 0.25) is 5.91 Å². The van der Waals surface area contributed by atoms with Gasteiger partial charge in [0.15, 0.2) is 0 Å². The number of hydrogen-bond acceptors (Lipinski definition) is 2. The van der Waals surface area contributed by atoms with E-state index in [-0.39, 0.29) is 11.2 Å². The minimum absolute atomic E-state index is 0.00931. The largest absolute Gasteiger partial charge is 0.351 e. The summed E-state index contributed by atoms with van der Waals surface area (Å²) >= 11 is 1.87. The molecule has 96 valence electrons. The predicted molar refractivity (Wildman–Crippen MR) is 75.7 cm³/mol. The molecule has 0 aromatic heterocycles. The molecule has 0 radical (unpaired) electrons. The third-order valence-corrected chi connectivity index (χ3v) is 5.63. The van der Waals surface area contributed by atoms with E-state index < -0.39 is 0 Å². The van der Waals surface area contributed by atoms with Gasteiger partial charge >= 0.3 is 0 Å². The molecule has 3 rings (SSSR count). The van der Waals surface area contributed by atoms with Crippen molar-refractivity contribution in [2.75, 3.05) is 0 Å². The van der Waals surface area contributed by atoms with Gasteiger partial charge in [-0.2, -0.15) is 0 Å². The normalized spacial score (nSPS) is 31.6. The molecular formula is C15H19NOS. The molecule has 1 aliphatic carbocycles. The molecule has 1 saturated carbocycles. The number of fused-ring (bicyclic) bond motifs is 1. The van der Waals surface area contributed by atoms with Crippen LogP contribution in [-0.2, 0) is 4.79 Å². The van der Waals surface area contributed by atoms with Crippen molar-refractivity contribution in [3.8, 4) is 0 Å². The van der Waals surface area contributed by atoms with Gasteiger partial charge in [-0.25, -0.2) is 0 Å². The van der Waals surface area contributed by atoms with Crippen molar-refractivity contribution >= 4 is 17.7 Å². The molecule has 1 amide bonds. The summed E-state index contributed by atoms with van der Waals surface area (Å²) in [6.45, 7) is 2.08. The highest BCUT2D eigenvalue weighted by Gasteiger charge is 2.37. The van der Waals surface area contributed by atoms with E-state index in [9.17, 15) is 4.79 Å². The summed E-state index contributed by atoms with van der Waals surface area (Å²) in [5.74, 6) is 0.201. The van der Waals surface area contributed by atoms with E-state index >= 15 is 0 Å². The second-order valence-electron chi connectivity index (χ2n) is 5.36. The fourth-order valence-electron chi connectivity index (χ4n) is 2.89. The van der Waals surface area contributed by atoms with E-state index in [0.29, 0.717) is 11.3 Å². The highest BCUT2D eigenvalue weighted by atomic mass is 32.2. The summed E-state index contributed by atoms with van der Waals surface area (Å²) in [5, 5.41) is 3.83. The smallest absolute Gasteiger partial charge is 0.237 e. The highest BCUT2D eigenvalue weighted by molar-refractivity contribution is 8.01. The molecule has 1 aliphatic heterocycles. The van der Waals surface area contributed by atoms with Crippen LogP contribution in [0.3, 0.4) is 0 Å². The van der Waals surface area contributed by atoms with E-state index in [2.05, 4.69) is 36.5 Å². The third-order valence-electron chi connectivity index (χ3n) is 3.96. The van der Waals surface area contributed by atoms with E-state index in [0.717, 1.165) is 12.0 Å². The number of nitrogens with one attached hydrogen (secondary N) is 1. The van der Waals surface area contributed by atoms with Crippen molar-refractivity contribution in [2.24, 2.45) is 0 Å². The molecule has 2 aliphatic rings. The number of hydrogen-bond donors (Lipinski definition) is 1. The Bertz CT molecular complexity index is 442. The number of thioether (sulfide) groups is 1. The van der Waals surface area contributed by atoms with Crippen molar-refractivity contribution in [1.82, 2.24) is 5.32 Å². The van der Waals surface area contributed by atoms with Gasteiger partial charge in [-0.15, -0.1) is 11.8 Å². The molecule has 1 aromatic rings. The first kappa shape index (κ1) is 12.1. The Hall–Kier alpha value is -0.960. The molecule has 0 bridgehead atoms. The van der Waals surface area contributed by atoms with Crippen LogP contribution in [0.5, 0.6) is 0 Å². The van der Waals surface area contributed by atoms with E-state index in [1.54, 1.807) is 0 Å². The van der Waals surface area contributed by atoms with Gasteiger partial charge in [-0.05, 0) is 25.3 Å². The van der Waals surface area contributed by atoms with Crippen LogP contribution in [0.25, 0.3) is 0 Å². The molecular weight excluding hydrogens is 242 g/mol. The van der Waals surface area contributed by atoms with Gasteiger partial charge < -0.3 is 5.32 Å². The van der Waals surface area contributed by atoms with Gasteiger partial charge in [0.05, 0.1) is 0 Å². The Morgan fingerprint density at radius 3 is 2.67 bits per heavy atom. The minimum Gasteiger partial charge on any atom is -0.351 e. The zero-order valence-electron chi connectivity index (χ0n) is 10.7. The van der Waals surface area contributed by atoms with Crippen LogP contribution >= 0.6 is 11.8 Å². The topological polar surface area (TPSA) is 29.1 Å². The minimum atomic E-state index is -0.00931. The van der Waals surface area contributed by atoms with Crippen LogP contribution in [0.15, 0.2) is 24.3 Å². The predicted octanol–water partition coefficient (Wildman–Crippen LogP) is 3.21. The first-order valence-electron chi connectivity index (χ1n) is 6.76. The van der Waals surface area contributed by atoms with Crippen molar-refractivity contribution in [3.05, 3.63) is 35.4 Å². The SMILES string of the molecule is Cc1ccc([C@H]2S[C@@H]3CCCC[C@@H]3NC2=O)cc1. The Morgan fingerprint density at radius 2 is 1.89 bits per heavy atom. The molecule has 2 nitrogen and oxygen atoms in total. The molecule has 0 unspecified atom stereocenters. The number of carbonyl (C=O) groups excluding carboxylic acids is 1. The number of carbonyl (C=O) groups is 1. The zero-order chi connectivity index (χ0) is 12.5. The van der Waals surface area contributed by atoms with Crippen molar-refractivity contribution in [2.45, 2.75) is 49.1 Å². The lowest BCUT2D eigenvalue weighted by atomic mass is 9.94. The molecule has 2 fully saturated rings.